The number of aromatic nitrogens is 2. The number of para-hydroxylation sites is 2. The molecular formula is C21H22N4O4. The summed E-state index contributed by atoms with van der Waals surface area (Å²) < 4.78 is 16.9. The number of fused-ring (bicyclic) bond motifs is 1. The number of nitrogens with one attached hydrogen (secondary N) is 1. The molecule has 0 saturated heterocycles. The van der Waals surface area contributed by atoms with E-state index in [9.17, 15) is 4.79 Å². The summed E-state index contributed by atoms with van der Waals surface area (Å²) >= 11 is 0. The molecule has 0 aliphatic carbocycles. The third kappa shape index (κ3) is 4.55. The number of benzene rings is 2. The normalized spacial score (nSPS) is 13.8. The van der Waals surface area contributed by atoms with E-state index < -0.39 is 0 Å². The average Bonchev–Trinajstić information content (AvgIpc) is 3.08. The lowest BCUT2D eigenvalue weighted by Gasteiger charge is -2.17. The maximum Gasteiger partial charge on any atom is 0.322 e. The molecule has 4 rings (SSSR count). The van der Waals surface area contributed by atoms with Gasteiger partial charge >= 0.3 is 6.01 Å². The fourth-order valence-electron chi connectivity index (χ4n) is 3.18. The minimum atomic E-state index is -0.224. The van der Waals surface area contributed by atoms with Gasteiger partial charge in [0.25, 0.3) is 5.89 Å². The van der Waals surface area contributed by atoms with Gasteiger partial charge in [0.05, 0.1) is 18.7 Å². The van der Waals surface area contributed by atoms with Gasteiger partial charge in [-0.25, -0.2) is 0 Å². The van der Waals surface area contributed by atoms with Crippen LogP contribution < -0.4 is 14.8 Å². The van der Waals surface area contributed by atoms with Crippen molar-refractivity contribution in [2.45, 2.75) is 13.5 Å². The standard InChI is InChI=1S/C21H22N4O4/c1-2-27-18-10-6-4-8-16(18)20-23-24-21(29-20)22-19(26)14-25-11-12-28-17-9-5-3-7-15(17)13-25/h3-10H,2,11-14H2,1H3,(H,22,24,26). The zero-order valence-corrected chi connectivity index (χ0v) is 16.1. The first-order chi connectivity index (χ1) is 14.2. The molecule has 0 radical (unpaired) electrons. The van der Waals surface area contributed by atoms with Crippen LogP contribution in [0.4, 0.5) is 6.01 Å². The van der Waals surface area contributed by atoms with Crippen molar-refractivity contribution < 1.29 is 18.7 Å². The first kappa shape index (κ1) is 18.9. The van der Waals surface area contributed by atoms with Crippen LogP contribution in [0.5, 0.6) is 11.5 Å². The van der Waals surface area contributed by atoms with Crippen molar-refractivity contribution in [1.29, 1.82) is 0 Å². The van der Waals surface area contributed by atoms with E-state index in [2.05, 4.69) is 15.5 Å². The van der Waals surface area contributed by atoms with Crippen molar-refractivity contribution in [3.05, 3.63) is 54.1 Å². The molecule has 8 nitrogen and oxygen atoms in total. The molecule has 0 saturated carbocycles. The summed E-state index contributed by atoms with van der Waals surface area (Å²) in [5.74, 6) is 1.59. The molecule has 8 heteroatoms. The summed E-state index contributed by atoms with van der Waals surface area (Å²) in [5.41, 5.74) is 1.74. The largest absolute Gasteiger partial charge is 0.493 e. The molecule has 0 fully saturated rings. The predicted octanol–water partition coefficient (Wildman–Crippen LogP) is 2.97. The molecule has 3 aromatic rings. The highest BCUT2D eigenvalue weighted by Gasteiger charge is 2.19. The predicted molar refractivity (Wildman–Crippen MR) is 107 cm³/mol. The van der Waals surface area contributed by atoms with Gasteiger partial charge in [-0.3, -0.25) is 15.0 Å². The van der Waals surface area contributed by atoms with Gasteiger partial charge in [0.2, 0.25) is 5.91 Å². The van der Waals surface area contributed by atoms with Crippen LogP contribution >= 0.6 is 0 Å². The van der Waals surface area contributed by atoms with Crippen LogP contribution in [-0.2, 0) is 11.3 Å². The van der Waals surface area contributed by atoms with Crippen molar-refractivity contribution in [3.8, 4) is 23.0 Å². The summed E-state index contributed by atoms with van der Waals surface area (Å²) in [6.07, 6.45) is 0. The van der Waals surface area contributed by atoms with E-state index in [4.69, 9.17) is 13.9 Å². The summed E-state index contributed by atoms with van der Waals surface area (Å²) in [6.45, 7) is 4.45. The third-order valence-corrected chi connectivity index (χ3v) is 4.49. The fourth-order valence-corrected chi connectivity index (χ4v) is 3.18. The van der Waals surface area contributed by atoms with Crippen LogP contribution in [0.1, 0.15) is 12.5 Å². The second kappa shape index (κ2) is 8.74. The smallest absolute Gasteiger partial charge is 0.322 e. The van der Waals surface area contributed by atoms with E-state index in [-0.39, 0.29) is 18.5 Å². The van der Waals surface area contributed by atoms with E-state index in [1.165, 1.54) is 0 Å². The number of anilines is 1. The zero-order valence-electron chi connectivity index (χ0n) is 16.1. The summed E-state index contributed by atoms with van der Waals surface area (Å²) in [5, 5.41) is 10.6. The number of rotatable bonds is 6. The SMILES string of the molecule is CCOc1ccccc1-c1nnc(NC(=O)CN2CCOc3ccccc3C2)o1. The summed E-state index contributed by atoms with van der Waals surface area (Å²) in [6, 6.07) is 15.3. The summed E-state index contributed by atoms with van der Waals surface area (Å²) in [7, 11) is 0. The molecule has 0 spiro atoms. The van der Waals surface area contributed by atoms with Crippen molar-refractivity contribution in [2.24, 2.45) is 0 Å². The van der Waals surface area contributed by atoms with Crippen LogP contribution in [0.15, 0.2) is 52.9 Å². The van der Waals surface area contributed by atoms with Crippen LogP contribution in [0, 0.1) is 0 Å². The van der Waals surface area contributed by atoms with Crippen LogP contribution in [0.25, 0.3) is 11.5 Å². The zero-order chi connectivity index (χ0) is 20.1. The Morgan fingerprint density at radius 2 is 2.00 bits per heavy atom. The molecule has 2 aromatic carbocycles. The van der Waals surface area contributed by atoms with Gasteiger partial charge in [0.1, 0.15) is 18.1 Å². The highest BCUT2D eigenvalue weighted by Crippen LogP contribution is 2.29. The number of hydrogen-bond donors (Lipinski definition) is 1. The second-order valence-electron chi connectivity index (χ2n) is 6.56. The van der Waals surface area contributed by atoms with Crippen molar-refractivity contribution in [3.63, 3.8) is 0 Å². The fraction of sp³-hybridized carbons (Fsp3) is 0.286. The lowest BCUT2D eigenvalue weighted by Crippen LogP contribution is -2.34. The van der Waals surface area contributed by atoms with Gasteiger partial charge in [-0.2, -0.15) is 0 Å². The Hall–Kier alpha value is -3.39. The first-order valence-electron chi connectivity index (χ1n) is 9.51. The molecule has 0 atom stereocenters. The lowest BCUT2D eigenvalue weighted by molar-refractivity contribution is -0.117. The van der Waals surface area contributed by atoms with Crippen molar-refractivity contribution in [2.75, 3.05) is 31.6 Å². The van der Waals surface area contributed by atoms with Crippen LogP contribution in [-0.4, -0.2) is 47.3 Å². The average molecular weight is 394 g/mol. The molecule has 1 N–H and O–H groups in total. The number of carbonyl (C=O) groups excluding carboxylic acids is 1. The summed E-state index contributed by atoms with van der Waals surface area (Å²) in [4.78, 5) is 14.5. The van der Waals surface area contributed by atoms with E-state index in [1.807, 2.05) is 60.4 Å². The number of ether oxygens (including phenoxy) is 2. The Morgan fingerprint density at radius 3 is 2.90 bits per heavy atom. The Kier molecular flexibility index (Phi) is 5.71. The van der Waals surface area contributed by atoms with Crippen LogP contribution in [0.2, 0.25) is 0 Å². The number of nitrogens with zero attached hydrogens (tertiary/aromatic N) is 3. The van der Waals surface area contributed by atoms with Crippen molar-refractivity contribution in [1.82, 2.24) is 15.1 Å². The molecule has 0 unspecified atom stereocenters. The number of carbonyl (C=O) groups is 1. The molecule has 1 aromatic heterocycles. The second-order valence-corrected chi connectivity index (χ2v) is 6.56. The minimum absolute atomic E-state index is 0.0581. The van der Waals surface area contributed by atoms with Gasteiger partial charge in [-0.15, -0.1) is 5.10 Å². The Morgan fingerprint density at radius 1 is 1.17 bits per heavy atom. The van der Waals surface area contributed by atoms with E-state index >= 15 is 0 Å². The van der Waals surface area contributed by atoms with Gasteiger partial charge in [0, 0.05) is 18.7 Å². The molecule has 0 bridgehead atoms. The maximum atomic E-state index is 12.5. The molecule has 2 heterocycles. The van der Waals surface area contributed by atoms with Gasteiger partial charge < -0.3 is 13.9 Å². The molecule has 150 valence electrons. The van der Waals surface area contributed by atoms with E-state index in [1.54, 1.807) is 0 Å². The molecule has 1 aliphatic heterocycles. The molecular weight excluding hydrogens is 372 g/mol. The first-order valence-corrected chi connectivity index (χ1v) is 9.51. The third-order valence-electron chi connectivity index (χ3n) is 4.49. The molecule has 1 aliphatic rings. The Bertz CT molecular complexity index is 988. The van der Waals surface area contributed by atoms with Gasteiger partial charge in [0.15, 0.2) is 0 Å². The van der Waals surface area contributed by atoms with Crippen LogP contribution in [0.3, 0.4) is 0 Å². The minimum Gasteiger partial charge on any atom is -0.493 e. The number of amides is 1. The molecule has 29 heavy (non-hydrogen) atoms. The Balaban J connectivity index is 1.40. The topological polar surface area (TPSA) is 89.7 Å². The maximum absolute atomic E-state index is 12.5. The lowest BCUT2D eigenvalue weighted by atomic mass is 10.2. The van der Waals surface area contributed by atoms with Crippen molar-refractivity contribution >= 4 is 11.9 Å². The van der Waals surface area contributed by atoms with E-state index in [0.717, 1.165) is 11.3 Å². The Labute approximate surface area is 168 Å². The van der Waals surface area contributed by atoms with E-state index in [0.29, 0.717) is 43.5 Å². The monoisotopic (exact) mass is 394 g/mol. The quantitative estimate of drug-likeness (QED) is 0.687. The highest BCUT2D eigenvalue weighted by atomic mass is 16.5. The van der Waals surface area contributed by atoms with Gasteiger partial charge in [-0.05, 0) is 25.1 Å². The number of hydrogen-bond acceptors (Lipinski definition) is 7. The molecule has 1 amide bonds. The van der Waals surface area contributed by atoms with Gasteiger partial charge in [-0.1, -0.05) is 35.4 Å². The highest BCUT2D eigenvalue weighted by molar-refractivity contribution is 5.90.